The number of benzene rings is 1. The zero-order valence-corrected chi connectivity index (χ0v) is 16.3. The molecule has 0 bridgehead atoms. The molecule has 0 saturated carbocycles. The lowest BCUT2D eigenvalue weighted by Gasteiger charge is -2.26. The van der Waals surface area contributed by atoms with Crippen LogP contribution < -0.4 is 0 Å². The summed E-state index contributed by atoms with van der Waals surface area (Å²) in [6.07, 6.45) is 0. The van der Waals surface area contributed by atoms with Crippen LogP contribution in [0, 0.1) is 10.1 Å². The van der Waals surface area contributed by atoms with Gasteiger partial charge in [-0.25, -0.2) is 13.1 Å². The van der Waals surface area contributed by atoms with Crippen LogP contribution >= 0.6 is 11.8 Å². The maximum Gasteiger partial charge on any atom is 0.284 e. The Hall–Kier alpha value is -2.09. The molecular formula is C14H18N6O5S2. The lowest BCUT2D eigenvalue weighted by atomic mass is 10.3. The van der Waals surface area contributed by atoms with Gasteiger partial charge in [-0.2, -0.15) is 4.31 Å². The summed E-state index contributed by atoms with van der Waals surface area (Å²) < 4.78 is 33.4. The van der Waals surface area contributed by atoms with Crippen LogP contribution in [0.2, 0.25) is 0 Å². The van der Waals surface area contributed by atoms with E-state index >= 15 is 0 Å². The molecule has 2 aromatic rings. The number of tetrazole rings is 1. The lowest BCUT2D eigenvalue weighted by molar-refractivity contribution is -0.388. The standard InChI is InChI=1S/C14H18N6O5S2/c1-10(2)19-14(15-16-17-19)26-13-4-3-11(9-12(13)20(21)22)27(23,24)18-5-7-25-8-6-18/h3-4,9-10H,5-8H2,1-2H3. The molecule has 1 aliphatic rings. The second-order valence-corrected chi connectivity index (χ2v) is 8.95. The molecule has 1 aromatic carbocycles. The zero-order chi connectivity index (χ0) is 19.6. The molecule has 0 amide bonds. The van der Waals surface area contributed by atoms with E-state index in [0.29, 0.717) is 18.4 Å². The van der Waals surface area contributed by atoms with E-state index in [1.165, 1.54) is 21.1 Å². The first-order valence-corrected chi connectivity index (χ1v) is 10.4. The van der Waals surface area contributed by atoms with Crippen LogP contribution in [0.4, 0.5) is 5.69 Å². The van der Waals surface area contributed by atoms with E-state index in [0.717, 1.165) is 17.8 Å². The largest absolute Gasteiger partial charge is 0.379 e. The summed E-state index contributed by atoms with van der Waals surface area (Å²) in [5, 5.41) is 23.2. The fourth-order valence-electron chi connectivity index (χ4n) is 2.50. The Balaban J connectivity index is 1.95. The third-order valence-electron chi connectivity index (χ3n) is 3.89. The number of hydrogen-bond donors (Lipinski definition) is 0. The first-order valence-electron chi connectivity index (χ1n) is 8.12. The van der Waals surface area contributed by atoms with Crippen molar-refractivity contribution in [2.45, 2.75) is 34.8 Å². The van der Waals surface area contributed by atoms with E-state index < -0.39 is 14.9 Å². The third kappa shape index (κ3) is 4.10. The molecule has 0 spiro atoms. The Morgan fingerprint density at radius 1 is 1.30 bits per heavy atom. The Labute approximate surface area is 159 Å². The van der Waals surface area contributed by atoms with Crippen molar-refractivity contribution in [3.8, 4) is 0 Å². The minimum Gasteiger partial charge on any atom is -0.379 e. The highest BCUT2D eigenvalue weighted by Crippen LogP contribution is 2.36. The van der Waals surface area contributed by atoms with Crippen molar-refractivity contribution >= 4 is 27.5 Å². The van der Waals surface area contributed by atoms with Crippen molar-refractivity contribution < 1.29 is 18.1 Å². The van der Waals surface area contributed by atoms with E-state index in [-0.39, 0.29) is 34.6 Å². The summed E-state index contributed by atoms with van der Waals surface area (Å²) in [6.45, 7) is 4.80. The molecule has 27 heavy (non-hydrogen) atoms. The van der Waals surface area contributed by atoms with Crippen molar-refractivity contribution in [1.82, 2.24) is 24.5 Å². The first-order chi connectivity index (χ1) is 12.8. The van der Waals surface area contributed by atoms with Gasteiger partial charge in [0.2, 0.25) is 15.2 Å². The van der Waals surface area contributed by atoms with Crippen LogP contribution in [-0.4, -0.2) is 64.2 Å². The monoisotopic (exact) mass is 414 g/mol. The SMILES string of the molecule is CC(C)n1nnnc1Sc1ccc(S(=O)(=O)N2CCOCC2)cc1[N+](=O)[O-]. The summed E-state index contributed by atoms with van der Waals surface area (Å²) >= 11 is 1.02. The Kier molecular flexibility index (Phi) is 5.74. The molecule has 1 aliphatic heterocycles. The van der Waals surface area contributed by atoms with Gasteiger partial charge in [-0.15, -0.1) is 5.10 Å². The number of sulfonamides is 1. The van der Waals surface area contributed by atoms with Gasteiger partial charge in [-0.1, -0.05) is 0 Å². The van der Waals surface area contributed by atoms with E-state index in [2.05, 4.69) is 15.5 Å². The average Bonchev–Trinajstić information content (AvgIpc) is 3.11. The molecule has 0 radical (unpaired) electrons. The molecule has 3 rings (SSSR count). The van der Waals surface area contributed by atoms with Crippen molar-refractivity contribution in [3.05, 3.63) is 28.3 Å². The molecule has 146 valence electrons. The molecular weight excluding hydrogens is 396 g/mol. The minimum atomic E-state index is -3.82. The normalized spacial score (nSPS) is 16.0. The Bertz CT molecular complexity index is 939. The molecule has 1 fully saturated rings. The molecule has 0 aliphatic carbocycles. The molecule has 1 aromatic heterocycles. The van der Waals surface area contributed by atoms with Gasteiger partial charge < -0.3 is 4.74 Å². The van der Waals surface area contributed by atoms with Crippen LogP contribution in [0.15, 0.2) is 33.1 Å². The molecule has 0 atom stereocenters. The maximum atomic E-state index is 12.7. The Morgan fingerprint density at radius 3 is 2.63 bits per heavy atom. The average molecular weight is 414 g/mol. The number of nitro groups is 1. The van der Waals surface area contributed by atoms with Gasteiger partial charge in [-0.3, -0.25) is 10.1 Å². The topological polar surface area (TPSA) is 133 Å². The quantitative estimate of drug-likeness (QED) is 0.507. The second-order valence-electron chi connectivity index (χ2n) is 6.00. The van der Waals surface area contributed by atoms with Gasteiger partial charge in [0.05, 0.1) is 34.0 Å². The summed E-state index contributed by atoms with van der Waals surface area (Å²) in [7, 11) is -3.82. The number of nitrogens with zero attached hydrogens (tertiary/aromatic N) is 6. The molecule has 11 nitrogen and oxygen atoms in total. The number of rotatable bonds is 6. The number of aromatic nitrogens is 4. The number of nitro benzene ring substituents is 1. The van der Waals surface area contributed by atoms with Gasteiger partial charge in [0.25, 0.3) is 5.69 Å². The van der Waals surface area contributed by atoms with E-state index in [1.54, 1.807) is 0 Å². The van der Waals surface area contributed by atoms with Gasteiger partial charge in [-0.05, 0) is 48.2 Å². The van der Waals surface area contributed by atoms with E-state index in [1.807, 2.05) is 13.8 Å². The van der Waals surface area contributed by atoms with Crippen molar-refractivity contribution in [1.29, 1.82) is 0 Å². The van der Waals surface area contributed by atoms with Gasteiger partial charge in [0, 0.05) is 19.2 Å². The first kappa shape index (κ1) is 19.7. The highest BCUT2D eigenvalue weighted by atomic mass is 32.2. The number of ether oxygens (including phenoxy) is 1. The van der Waals surface area contributed by atoms with Crippen LogP contribution in [0.1, 0.15) is 19.9 Å². The Morgan fingerprint density at radius 2 is 2.00 bits per heavy atom. The smallest absolute Gasteiger partial charge is 0.284 e. The van der Waals surface area contributed by atoms with Crippen LogP contribution in [0.3, 0.4) is 0 Å². The predicted octanol–water partition coefficient (Wildman–Crippen LogP) is 1.33. The van der Waals surface area contributed by atoms with Crippen molar-refractivity contribution in [2.24, 2.45) is 0 Å². The molecule has 2 heterocycles. The predicted molar refractivity (Wildman–Crippen MR) is 95.0 cm³/mol. The molecule has 1 saturated heterocycles. The molecule has 0 N–H and O–H groups in total. The van der Waals surface area contributed by atoms with E-state index in [9.17, 15) is 18.5 Å². The zero-order valence-electron chi connectivity index (χ0n) is 14.7. The van der Waals surface area contributed by atoms with Crippen LogP contribution in [-0.2, 0) is 14.8 Å². The fraction of sp³-hybridized carbons (Fsp3) is 0.500. The highest BCUT2D eigenvalue weighted by molar-refractivity contribution is 7.99. The lowest BCUT2D eigenvalue weighted by Crippen LogP contribution is -2.40. The van der Waals surface area contributed by atoms with Gasteiger partial charge >= 0.3 is 0 Å². The number of hydrogen-bond acceptors (Lipinski definition) is 9. The molecule has 13 heteroatoms. The van der Waals surface area contributed by atoms with Crippen molar-refractivity contribution in [3.63, 3.8) is 0 Å². The minimum absolute atomic E-state index is 0.0254. The summed E-state index contributed by atoms with van der Waals surface area (Å²) in [6, 6.07) is 3.83. The van der Waals surface area contributed by atoms with E-state index in [4.69, 9.17) is 4.74 Å². The fourth-order valence-corrected chi connectivity index (χ4v) is 4.92. The van der Waals surface area contributed by atoms with Crippen LogP contribution in [0.5, 0.6) is 0 Å². The van der Waals surface area contributed by atoms with Crippen LogP contribution in [0.25, 0.3) is 0 Å². The maximum absolute atomic E-state index is 12.7. The second kappa shape index (κ2) is 7.88. The molecule has 0 unspecified atom stereocenters. The summed E-state index contributed by atoms with van der Waals surface area (Å²) in [4.78, 5) is 11.1. The summed E-state index contributed by atoms with van der Waals surface area (Å²) in [5.74, 6) is 0. The highest BCUT2D eigenvalue weighted by Gasteiger charge is 2.29. The third-order valence-corrected chi connectivity index (χ3v) is 6.80. The summed E-state index contributed by atoms with van der Waals surface area (Å²) in [5.41, 5.74) is -0.312. The van der Waals surface area contributed by atoms with Gasteiger partial charge in [0.15, 0.2) is 0 Å². The number of morpholine rings is 1. The van der Waals surface area contributed by atoms with Gasteiger partial charge in [0.1, 0.15) is 0 Å². The van der Waals surface area contributed by atoms with Crippen molar-refractivity contribution in [2.75, 3.05) is 26.3 Å².